The van der Waals surface area contributed by atoms with Crippen molar-refractivity contribution in [2.75, 3.05) is 0 Å². The van der Waals surface area contributed by atoms with Crippen LogP contribution in [0.3, 0.4) is 0 Å². The van der Waals surface area contributed by atoms with Gasteiger partial charge in [0.25, 0.3) is 0 Å². The molecule has 0 radical (unpaired) electrons. The van der Waals surface area contributed by atoms with Crippen LogP contribution in [-0.4, -0.2) is 4.98 Å². The van der Waals surface area contributed by atoms with Crippen LogP contribution in [0.1, 0.15) is 11.1 Å². The molecule has 0 atom stereocenters. The van der Waals surface area contributed by atoms with Gasteiger partial charge in [0.1, 0.15) is 3.70 Å². The highest BCUT2D eigenvalue weighted by molar-refractivity contribution is 14.1. The third-order valence-electron chi connectivity index (χ3n) is 2.69. The summed E-state index contributed by atoms with van der Waals surface area (Å²) in [7, 11) is 0. The summed E-state index contributed by atoms with van der Waals surface area (Å²) < 4.78 is 77.0. The van der Waals surface area contributed by atoms with Crippen molar-refractivity contribution in [2.45, 2.75) is 12.4 Å². The van der Waals surface area contributed by atoms with Gasteiger partial charge in [0.15, 0.2) is 0 Å². The summed E-state index contributed by atoms with van der Waals surface area (Å²) in [6.45, 7) is 0. The van der Waals surface area contributed by atoms with Gasteiger partial charge in [-0.25, -0.2) is 4.98 Å². The molecule has 0 N–H and O–H groups in total. The number of nitrogens with zero attached hydrogens (tertiary/aromatic N) is 1. The molecular weight excluding hydrogens is 411 g/mol. The van der Waals surface area contributed by atoms with Crippen LogP contribution >= 0.6 is 22.6 Å². The number of rotatable bonds is 1. The van der Waals surface area contributed by atoms with E-state index in [-0.39, 0.29) is 14.8 Å². The molecule has 8 heteroatoms. The van der Waals surface area contributed by atoms with E-state index in [2.05, 4.69) is 4.98 Å². The van der Waals surface area contributed by atoms with Crippen molar-refractivity contribution in [1.29, 1.82) is 0 Å². The van der Waals surface area contributed by atoms with Gasteiger partial charge in [-0.1, -0.05) is 18.2 Å². The molecule has 1 nitrogen and oxygen atoms in total. The fourth-order valence-corrected chi connectivity index (χ4v) is 2.34. The van der Waals surface area contributed by atoms with E-state index in [4.69, 9.17) is 0 Å². The zero-order valence-corrected chi connectivity index (χ0v) is 12.2. The Hall–Kier alpha value is -1.32. The van der Waals surface area contributed by atoms with E-state index in [9.17, 15) is 26.3 Å². The zero-order chi connectivity index (χ0) is 15.8. The highest BCUT2D eigenvalue weighted by Gasteiger charge is 2.35. The van der Waals surface area contributed by atoms with Gasteiger partial charge in [-0.05, 0) is 40.3 Å². The molecule has 0 saturated heterocycles. The largest absolute Gasteiger partial charge is 0.417 e. The minimum atomic E-state index is -4.67. The van der Waals surface area contributed by atoms with Gasteiger partial charge in [-0.2, -0.15) is 26.3 Å². The highest BCUT2D eigenvalue weighted by atomic mass is 127. The molecule has 0 aliphatic carbocycles. The van der Waals surface area contributed by atoms with Crippen molar-refractivity contribution >= 4 is 22.6 Å². The Morgan fingerprint density at radius 2 is 1.48 bits per heavy atom. The quantitative estimate of drug-likeness (QED) is 0.345. The summed E-state index contributed by atoms with van der Waals surface area (Å²) in [5.41, 5.74) is -2.61. The van der Waals surface area contributed by atoms with Gasteiger partial charge in [-0.3, -0.25) is 0 Å². The molecule has 0 aliphatic rings. The number of benzene rings is 1. The first-order chi connectivity index (χ1) is 9.60. The summed E-state index contributed by atoms with van der Waals surface area (Å²) >= 11 is 1.61. The van der Waals surface area contributed by atoms with Crippen LogP contribution < -0.4 is 0 Å². The maximum absolute atomic E-state index is 13.0. The first-order valence-electron chi connectivity index (χ1n) is 5.50. The lowest BCUT2D eigenvalue weighted by molar-refractivity contribution is -0.138. The maximum atomic E-state index is 13.0. The Bertz CT molecular complexity index is 662. The predicted octanol–water partition coefficient (Wildman–Crippen LogP) is 5.39. The van der Waals surface area contributed by atoms with E-state index >= 15 is 0 Å². The molecule has 0 fully saturated rings. The molecule has 2 rings (SSSR count). The van der Waals surface area contributed by atoms with Crippen molar-refractivity contribution in [3.05, 3.63) is 51.4 Å². The van der Waals surface area contributed by atoms with Crippen molar-refractivity contribution < 1.29 is 26.3 Å². The summed E-state index contributed by atoms with van der Waals surface area (Å²) in [5.74, 6) is 0. The Kier molecular flexibility index (Phi) is 4.18. The Morgan fingerprint density at radius 3 is 2.05 bits per heavy atom. The summed E-state index contributed by atoms with van der Waals surface area (Å²) in [4.78, 5) is 3.54. The van der Waals surface area contributed by atoms with Crippen LogP contribution in [0.4, 0.5) is 26.3 Å². The second-order valence-electron chi connectivity index (χ2n) is 4.10. The molecule has 0 amide bonds. The molecule has 0 saturated carbocycles. The minimum absolute atomic E-state index is 0.0669. The summed E-state index contributed by atoms with van der Waals surface area (Å²) in [6.07, 6.45) is -8.73. The minimum Gasteiger partial charge on any atom is -0.249 e. The molecule has 21 heavy (non-hydrogen) atoms. The number of alkyl halides is 6. The van der Waals surface area contributed by atoms with E-state index in [1.165, 1.54) is 12.1 Å². The van der Waals surface area contributed by atoms with E-state index in [0.717, 1.165) is 12.1 Å². The third-order valence-corrected chi connectivity index (χ3v) is 3.55. The van der Waals surface area contributed by atoms with Gasteiger partial charge >= 0.3 is 12.4 Å². The van der Waals surface area contributed by atoms with E-state index in [0.29, 0.717) is 12.3 Å². The van der Waals surface area contributed by atoms with Gasteiger partial charge in [0.2, 0.25) is 0 Å². The lowest BCUT2D eigenvalue weighted by Gasteiger charge is -2.15. The topological polar surface area (TPSA) is 12.9 Å². The molecule has 0 bridgehead atoms. The number of pyridine rings is 1. The molecule has 0 aliphatic heterocycles. The molecule has 1 heterocycles. The van der Waals surface area contributed by atoms with Crippen molar-refractivity contribution in [1.82, 2.24) is 4.98 Å². The molecule has 1 aromatic carbocycles. The SMILES string of the molecule is FC(F)(F)c1cnc(I)c(-c2ccccc2C(F)(F)F)c1. The Balaban J connectivity index is 2.68. The Labute approximate surface area is 129 Å². The average molecular weight is 417 g/mol. The number of hydrogen-bond acceptors (Lipinski definition) is 1. The van der Waals surface area contributed by atoms with Crippen LogP contribution in [0.5, 0.6) is 0 Å². The normalized spacial score (nSPS) is 12.5. The summed E-state index contributed by atoms with van der Waals surface area (Å²) in [5, 5.41) is 0. The maximum Gasteiger partial charge on any atom is 0.417 e. The fraction of sp³-hybridized carbons (Fsp3) is 0.154. The van der Waals surface area contributed by atoms with Crippen LogP contribution in [0.25, 0.3) is 11.1 Å². The van der Waals surface area contributed by atoms with Gasteiger partial charge < -0.3 is 0 Å². The molecule has 0 spiro atoms. The zero-order valence-electron chi connectivity index (χ0n) is 10.1. The number of hydrogen-bond donors (Lipinski definition) is 0. The number of halogens is 7. The van der Waals surface area contributed by atoms with Gasteiger partial charge in [0, 0.05) is 11.8 Å². The van der Waals surface area contributed by atoms with Crippen LogP contribution in [-0.2, 0) is 12.4 Å². The molecule has 1 aromatic heterocycles. The van der Waals surface area contributed by atoms with Crippen molar-refractivity contribution in [3.8, 4) is 11.1 Å². The van der Waals surface area contributed by atoms with E-state index in [1.54, 1.807) is 22.6 Å². The highest BCUT2D eigenvalue weighted by Crippen LogP contribution is 2.39. The molecular formula is C13H6F6IN. The molecule has 2 aromatic rings. The lowest BCUT2D eigenvalue weighted by Crippen LogP contribution is -2.10. The van der Waals surface area contributed by atoms with Crippen LogP contribution in [0, 0.1) is 3.70 Å². The standard InChI is InChI=1S/C13H6F6IN/c14-12(15,16)7-5-9(11(20)21-6-7)8-3-1-2-4-10(8)13(17,18)19/h1-6H. The second-order valence-corrected chi connectivity index (χ2v) is 5.13. The second kappa shape index (κ2) is 5.47. The first kappa shape index (κ1) is 16.1. The van der Waals surface area contributed by atoms with Gasteiger partial charge in [0.05, 0.1) is 11.1 Å². The van der Waals surface area contributed by atoms with E-state index in [1.807, 2.05) is 0 Å². The average Bonchev–Trinajstić information content (AvgIpc) is 2.37. The number of aromatic nitrogens is 1. The van der Waals surface area contributed by atoms with Crippen molar-refractivity contribution in [2.24, 2.45) is 0 Å². The smallest absolute Gasteiger partial charge is 0.249 e. The molecule has 112 valence electrons. The predicted molar refractivity (Wildman–Crippen MR) is 72.4 cm³/mol. The third kappa shape index (κ3) is 3.47. The first-order valence-corrected chi connectivity index (χ1v) is 6.58. The fourth-order valence-electron chi connectivity index (χ4n) is 1.76. The van der Waals surface area contributed by atoms with Crippen molar-refractivity contribution in [3.63, 3.8) is 0 Å². The van der Waals surface area contributed by atoms with E-state index < -0.39 is 23.5 Å². The molecule has 0 unspecified atom stereocenters. The van der Waals surface area contributed by atoms with Crippen LogP contribution in [0.15, 0.2) is 36.5 Å². The van der Waals surface area contributed by atoms with Crippen LogP contribution in [0.2, 0.25) is 0 Å². The van der Waals surface area contributed by atoms with Gasteiger partial charge in [-0.15, -0.1) is 0 Å². The monoisotopic (exact) mass is 417 g/mol. The Morgan fingerprint density at radius 1 is 0.857 bits per heavy atom. The lowest BCUT2D eigenvalue weighted by atomic mass is 9.99. The summed E-state index contributed by atoms with van der Waals surface area (Å²) in [6, 6.07) is 5.15.